The molecular weight excluding hydrogens is 196 g/mol. The van der Waals surface area contributed by atoms with Gasteiger partial charge in [-0.1, -0.05) is 12.1 Å². The van der Waals surface area contributed by atoms with E-state index in [4.69, 9.17) is 5.73 Å². The number of benzene rings is 1. The second kappa shape index (κ2) is 4.27. The van der Waals surface area contributed by atoms with Gasteiger partial charge < -0.3 is 5.73 Å². The van der Waals surface area contributed by atoms with E-state index in [1.807, 2.05) is 13.8 Å². The maximum absolute atomic E-state index is 13.4. The highest BCUT2D eigenvalue weighted by Gasteiger charge is 2.19. The maximum Gasteiger partial charge on any atom is 0.129 e. The summed E-state index contributed by atoms with van der Waals surface area (Å²) in [5.74, 6) is -0.494. The zero-order valence-corrected chi connectivity index (χ0v) is 9.35. The van der Waals surface area contributed by atoms with Crippen LogP contribution in [0.5, 0.6) is 0 Å². The van der Waals surface area contributed by atoms with Gasteiger partial charge in [0.25, 0.3) is 0 Å². The van der Waals surface area contributed by atoms with E-state index in [2.05, 4.69) is 0 Å². The molecule has 0 heterocycles. The van der Waals surface area contributed by atoms with Crippen LogP contribution in [0.1, 0.15) is 38.1 Å². The van der Waals surface area contributed by atoms with Crippen LogP contribution in [0.4, 0.5) is 8.78 Å². The summed E-state index contributed by atoms with van der Waals surface area (Å²) in [5, 5.41) is 0. The standard InChI is InChI=1S/C12H17F2N/c1-8(13)11-9(7-12(2,3)15)5-4-6-10(11)14/h4-6,8H,7,15H2,1-3H3. The molecule has 0 aliphatic rings. The predicted octanol–water partition coefficient (Wildman–Crippen LogP) is 3.14. The van der Waals surface area contributed by atoms with Crippen LogP contribution in [0.25, 0.3) is 0 Å². The molecule has 1 nitrogen and oxygen atoms in total. The molecule has 0 saturated heterocycles. The highest BCUT2D eigenvalue weighted by molar-refractivity contribution is 5.31. The molecule has 0 spiro atoms. The van der Waals surface area contributed by atoms with Crippen LogP contribution in [0.2, 0.25) is 0 Å². The fraction of sp³-hybridized carbons (Fsp3) is 0.500. The molecule has 15 heavy (non-hydrogen) atoms. The van der Waals surface area contributed by atoms with Crippen molar-refractivity contribution in [3.63, 3.8) is 0 Å². The summed E-state index contributed by atoms with van der Waals surface area (Å²) in [4.78, 5) is 0. The van der Waals surface area contributed by atoms with Crippen LogP contribution in [0.3, 0.4) is 0 Å². The van der Waals surface area contributed by atoms with Crippen molar-refractivity contribution in [3.05, 3.63) is 35.1 Å². The second-order valence-corrected chi connectivity index (χ2v) is 4.59. The summed E-state index contributed by atoms with van der Waals surface area (Å²) in [6.07, 6.45) is -0.836. The molecule has 1 atom stereocenters. The van der Waals surface area contributed by atoms with Gasteiger partial charge in [-0.05, 0) is 38.8 Å². The highest BCUT2D eigenvalue weighted by atomic mass is 19.1. The van der Waals surface area contributed by atoms with Crippen LogP contribution in [-0.2, 0) is 6.42 Å². The Labute approximate surface area is 89.3 Å². The molecule has 2 N–H and O–H groups in total. The van der Waals surface area contributed by atoms with Crippen LogP contribution in [0.15, 0.2) is 18.2 Å². The molecule has 0 saturated carbocycles. The van der Waals surface area contributed by atoms with Gasteiger partial charge in [-0.25, -0.2) is 8.78 Å². The summed E-state index contributed by atoms with van der Waals surface area (Å²) < 4.78 is 26.6. The van der Waals surface area contributed by atoms with E-state index in [1.54, 1.807) is 12.1 Å². The average molecular weight is 213 g/mol. The van der Waals surface area contributed by atoms with E-state index >= 15 is 0 Å². The molecule has 3 heteroatoms. The van der Waals surface area contributed by atoms with Gasteiger partial charge in [-0.2, -0.15) is 0 Å². The Morgan fingerprint density at radius 1 is 1.40 bits per heavy atom. The Hall–Kier alpha value is -0.960. The zero-order valence-electron chi connectivity index (χ0n) is 9.35. The van der Waals surface area contributed by atoms with Crippen molar-refractivity contribution in [3.8, 4) is 0 Å². The van der Waals surface area contributed by atoms with E-state index in [0.717, 1.165) is 0 Å². The lowest BCUT2D eigenvalue weighted by molar-refractivity contribution is 0.356. The van der Waals surface area contributed by atoms with Gasteiger partial charge in [0, 0.05) is 11.1 Å². The highest BCUT2D eigenvalue weighted by Crippen LogP contribution is 2.26. The maximum atomic E-state index is 13.4. The molecule has 1 aromatic carbocycles. The number of hydrogen-bond acceptors (Lipinski definition) is 1. The number of rotatable bonds is 3. The third-order valence-corrected chi connectivity index (χ3v) is 2.19. The summed E-state index contributed by atoms with van der Waals surface area (Å²) in [7, 11) is 0. The van der Waals surface area contributed by atoms with E-state index in [-0.39, 0.29) is 5.56 Å². The van der Waals surface area contributed by atoms with Gasteiger partial charge in [-0.3, -0.25) is 0 Å². The molecule has 0 aliphatic carbocycles. The summed E-state index contributed by atoms with van der Waals surface area (Å²) in [5.41, 5.74) is 6.17. The first-order valence-electron chi connectivity index (χ1n) is 5.01. The van der Waals surface area contributed by atoms with Crippen molar-refractivity contribution in [2.24, 2.45) is 5.73 Å². The molecule has 1 aromatic rings. The van der Waals surface area contributed by atoms with Gasteiger partial charge in [0.1, 0.15) is 12.0 Å². The topological polar surface area (TPSA) is 26.0 Å². The third kappa shape index (κ3) is 3.27. The Balaban J connectivity index is 3.12. The first-order valence-corrected chi connectivity index (χ1v) is 5.01. The number of hydrogen-bond donors (Lipinski definition) is 1. The molecule has 1 rings (SSSR count). The van der Waals surface area contributed by atoms with Gasteiger partial charge >= 0.3 is 0 Å². The van der Waals surface area contributed by atoms with Crippen molar-refractivity contribution in [1.29, 1.82) is 0 Å². The van der Waals surface area contributed by atoms with Crippen LogP contribution >= 0.6 is 0 Å². The summed E-state index contributed by atoms with van der Waals surface area (Å²) >= 11 is 0. The molecule has 0 bridgehead atoms. The molecule has 0 aliphatic heterocycles. The van der Waals surface area contributed by atoms with E-state index in [0.29, 0.717) is 12.0 Å². The summed E-state index contributed by atoms with van der Waals surface area (Å²) in [6.45, 7) is 5.01. The average Bonchev–Trinajstić information content (AvgIpc) is 1.99. The van der Waals surface area contributed by atoms with E-state index in [1.165, 1.54) is 13.0 Å². The Morgan fingerprint density at radius 3 is 2.47 bits per heavy atom. The first-order chi connectivity index (χ1) is 6.81. The van der Waals surface area contributed by atoms with Gasteiger partial charge in [0.15, 0.2) is 0 Å². The molecule has 0 fully saturated rings. The number of halogens is 2. The lowest BCUT2D eigenvalue weighted by Gasteiger charge is -2.21. The minimum atomic E-state index is -1.30. The number of alkyl halides is 1. The van der Waals surface area contributed by atoms with Gasteiger partial charge in [-0.15, -0.1) is 0 Å². The largest absolute Gasteiger partial charge is 0.325 e. The van der Waals surface area contributed by atoms with Gasteiger partial charge in [0.2, 0.25) is 0 Å². The van der Waals surface area contributed by atoms with Crippen LogP contribution in [0, 0.1) is 5.82 Å². The molecular formula is C12H17F2N. The number of nitrogens with two attached hydrogens (primary N) is 1. The molecule has 84 valence electrons. The fourth-order valence-electron chi connectivity index (χ4n) is 1.67. The second-order valence-electron chi connectivity index (χ2n) is 4.59. The monoisotopic (exact) mass is 213 g/mol. The summed E-state index contributed by atoms with van der Waals surface area (Å²) in [6, 6.07) is 4.59. The molecule has 0 amide bonds. The van der Waals surface area contributed by atoms with Crippen LogP contribution in [-0.4, -0.2) is 5.54 Å². The lowest BCUT2D eigenvalue weighted by atomic mass is 9.91. The van der Waals surface area contributed by atoms with Crippen molar-refractivity contribution < 1.29 is 8.78 Å². The Kier molecular flexibility index (Phi) is 3.45. The quantitative estimate of drug-likeness (QED) is 0.820. The minimum absolute atomic E-state index is 0.135. The fourth-order valence-corrected chi connectivity index (χ4v) is 1.67. The SMILES string of the molecule is CC(F)c1c(F)cccc1CC(C)(C)N. The third-order valence-electron chi connectivity index (χ3n) is 2.19. The van der Waals surface area contributed by atoms with Crippen LogP contribution < -0.4 is 5.73 Å². The van der Waals surface area contributed by atoms with Crippen molar-refractivity contribution in [2.45, 2.75) is 38.9 Å². The van der Waals surface area contributed by atoms with Gasteiger partial charge in [0.05, 0.1) is 0 Å². The van der Waals surface area contributed by atoms with Crippen molar-refractivity contribution in [2.75, 3.05) is 0 Å². The first kappa shape index (κ1) is 12.1. The van der Waals surface area contributed by atoms with E-state index < -0.39 is 17.5 Å². The Morgan fingerprint density at radius 2 is 2.00 bits per heavy atom. The predicted molar refractivity (Wildman–Crippen MR) is 57.9 cm³/mol. The molecule has 1 unspecified atom stereocenters. The van der Waals surface area contributed by atoms with Crippen molar-refractivity contribution >= 4 is 0 Å². The zero-order chi connectivity index (χ0) is 11.6. The smallest absolute Gasteiger partial charge is 0.129 e. The normalized spacial score (nSPS) is 14.0. The van der Waals surface area contributed by atoms with E-state index in [9.17, 15) is 8.78 Å². The minimum Gasteiger partial charge on any atom is -0.325 e. The lowest BCUT2D eigenvalue weighted by Crippen LogP contribution is -2.34. The van der Waals surface area contributed by atoms with Crippen molar-refractivity contribution in [1.82, 2.24) is 0 Å². The molecule has 0 aromatic heterocycles. The Bertz CT molecular complexity index is 340. The molecule has 0 radical (unpaired) electrons.